The number of benzene rings is 1. The first-order valence-electron chi connectivity index (χ1n) is 7.04. The van der Waals surface area contributed by atoms with E-state index in [1.165, 1.54) is 0 Å². The molecule has 2 aromatic rings. The predicted molar refractivity (Wildman–Crippen MR) is 79.8 cm³/mol. The summed E-state index contributed by atoms with van der Waals surface area (Å²) in [5.74, 6) is 0.556. The third-order valence-corrected chi connectivity index (χ3v) is 3.06. The Morgan fingerprint density at radius 2 is 2.10 bits per heavy atom. The van der Waals surface area contributed by atoms with Crippen LogP contribution < -0.4 is 10.1 Å². The van der Waals surface area contributed by atoms with Gasteiger partial charge in [0.05, 0.1) is 0 Å². The Morgan fingerprint density at radius 1 is 1.25 bits per heavy atom. The number of unbranched alkanes of at least 4 members (excludes halogenated alkanes) is 2. The Labute approximate surface area is 119 Å². The van der Waals surface area contributed by atoms with E-state index in [0.29, 0.717) is 12.3 Å². The molecule has 0 bridgehead atoms. The Morgan fingerprint density at radius 3 is 2.95 bits per heavy atom. The minimum Gasteiger partial charge on any atom is -0.481 e. The quantitative estimate of drug-likeness (QED) is 0.788. The van der Waals surface area contributed by atoms with Gasteiger partial charge in [0, 0.05) is 18.1 Å². The van der Waals surface area contributed by atoms with E-state index in [-0.39, 0.29) is 12.5 Å². The maximum Gasteiger partial charge on any atom is 0.257 e. The first-order valence-corrected chi connectivity index (χ1v) is 7.04. The van der Waals surface area contributed by atoms with Crippen LogP contribution in [-0.4, -0.2) is 24.0 Å². The number of amides is 1. The molecule has 0 aliphatic heterocycles. The van der Waals surface area contributed by atoms with Crippen molar-refractivity contribution >= 4 is 16.8 Å². The average Bonchev–Trinajstić information content (AvgIpc) is 2.49. The normalized spacial score (nSPS) is 10.4. The van der Waals surface area contributed by atoms with Crippen LogP contribution >= 0.6 is 0 Å². The van der Waals surface area contributed by atoms with Gasteiger partial charge in [0.15, 0.2) is 6.61 Å². The number of pyridine rings is 1. The highest BCUT2D eigenvalue weighted by atomic mass is 16.5. The molecule has 0 saturated heterocycles. The number of rotatable bonds is 7. The molecule has 0 radical (unpaired) electrons. The van der Waals surface area contributed by atoms with Gasteiger partial charge in [0.1, 0.15) is 11.3 Å². The molecule has 2 rings (SSSR count). The number of carbonyl (C=O) groups is 1. The fourth-order valence-electron chi connectivity index (χ4n) is 1.99. The molecule has 0 aliphatic carbocycles. The molecule has 1 amide bonds. The summed E-state index contributed by atoms with van der Waals surface area (Å²) >= 11 is 0. The minimum absolute atomic E-state index is 0.0296. The van der Waals surface area contributed by atoms with Crippen LogP contribution in [0, 0.1) is 0 Å². The van der Waals surface area contributed by atoms with Crippen molar-refractivity contribution in [3.8, 4) is 5.75 Å². The number of hydrogen-bond donors (Lipinski definition) is 1. The Bertz CT molecular complexity index is 564. The van der Waals surface area contributed by atoms with Crippen LogP contribution in [0.5, 0.6) is 5.75 Å². The van der Waals surface area contributed by atoms with Gasteiger partial charge in [-0.25, -0.2) is 0 Å². The van der Waals surface area contributed by atoms with Crippen molar-refractivity contribution in [1.82, 2.24) is 10.3 Å². The summed E-state index contributed by atoms with van der Waals surface area (Å²) < 4.78 is 5.56. The maximum absolute atomic E-state index is 11.7. The number of nitrogens with one attached hydrogen (secondary N) is 1. The van der Waals surface area contributed by atoms with Gasteiger partial charge in [-0.15, -0.1) is 0 Å². The molecule has 106 valence electrons. The molecular weight excluding hydrogens is 252 g/mol. The summed E-state index contributed by atoms with van der Waals surface area (Å²) in [6, 6.07) is 9.56. The van der Waals surface area contributed by atoms with Crippen LogP contribution in [0.15, 0.2) is 36.5 Å². The lowest BCUT2D eigenvalue weighted by molar-refractivity contribution is -0.123. The molecule has 0 spiro atoms. The van der Waals surface area contributed by atoms with Gasteiger partial charge < -0.3 is 10.1 Å². The van der Waals surface area contributed by atoms with Crippen molar-refractivity contribution in [2.24, 2.45) is 0 Å². The molecule has 1 N–H and O–H groups in total. The van der Waals surface area contributed by atoms with Gasteiger partial charge in [0.2, 0.25) is 0 Å². The Kier molecular flexibility index (Phi) is 5.35. The van der Waals surface area contributed by atoms with Gasteiger partial charge in [-0.3, -0.25) is 9.78 Å². The number of aromatic nitrogens is 1. The second kappa shape index (κ2) is 7.48. The van der Waals surface area contributed by atoms with E-state index in [2.05, 4.69) is 17.2 Å². The summed E-state index contributed by atoms with van der Waals surface area (Å²) in [6.07, 6.45) is 5.01. The van der Waals surface area contributed by atoms with Crippen molar-refractivity contribution < 1.29 is 9.53 Å². The lowest BCUT2D eigenvalue weighted by Gasteiger charge is -2.09. The zero-order valence-corrected chi connectivity index (χ0v) is 11.8. The van der Waals surface area contributed by atoms with E-state index in [1.54, 1.807) is 6.20 Å². The van der Waals surface area contributed by atoms with Gasteiger partial charge in [-0.2, -0.15) is 0 Å². The molecule has 4 heteroatoms. The van der Waals surface area contributed by atoms with Crippen LogP contribution in [-0.2, 0) is 4.79 Å². The second-order valence-electron chi connectivity index (χ2n) is 4.68. The van der Waals surface area contributed by atoms with Crippen LogP contribution in [0.3, 0.4) is 0 Å². The average molecular weight is 272 g/mol. The standard InChI is InChI=1S/C16H20N2O2/c1-2-3-4-10-17-15(19)12-20-14-9-5-7-13-8-6-11-18-16(13)14/h5-9,11H,2-4,10,12H2,1H3,(H,17,19). The second-order valence-corrected chi connectivity index (χ2v) is 4.68. The van der Waals surface area contributed by atoms with Crippen LogP contribution in [0.4, 0.5) is 0 Å². The highest BCUT2D eigenvalue weighted by Gasteiger charge is 2.05. The van der Waals surface area contributed by atoms with E-state index in [0.717, 1.165) is 30.2 Å². The molecule has 1 aromatic carbocycles. The lowest BCUT2D eigenvalue weighted by atomic mass is 10.2. The van der Waals surface area contributed by atoms with Crippen LogP contribution in [0.25, 0.3) is 10.9 Å². The topological polar surface area (TPSA) is 51.2 Å². The summed E-state index contributed by atoms with van der Waals surface area (Å²) in [6.45, 7) is 2.88. The molecule has 4 nitrogen and oxygen atoms in total. The highest BCUT2D eigenvalue weighted by molar-refractivity contribution is 5.85. The monoisotopic (exact) mass is 272 g/mol. The summed E-state index contributed by atoms with van der Waals surface area (Å²) in [4.78, 5) is 15.9. The van der Waals surface area contributed by atoms with E-state index in [4.69, 9.17) is 4.74 Å². The molecule has 0 atom stereocenters. The van der Waals surface area contributed by atoms with Crippen molar-refractivity contribution in [2.75, 3.05) is 13.2 Å². The van der Waals surface area contributed by atoms with Crippen molar-refractivity contribution in [2.45, 2.75) is 26.2 Å². The van der Waals surface area contributed by atoms with Gasteiger partial charge in [-0.1, -0.05) is 38.0 Å². The van der Waals surface area contributed by atoms with E-state index in [1.807, 2.05) is 30.3 Å². The van der Waals surface area contributed by atoms with Gasteiger partial charge in [-0.05, 0) is 18.6 Å². The van der Waals surface area contributed by atoms with Gasteiger partial charge in [0.25, 0.3) is 5.91 Å². The molecule has 0 aliphatic rings. The molecule has 1 heterocycles. The zero-order chi connectivity index (χ0) is 14.2. The van der Waals surface area contributed by atoms with Crippen molar-refractivity contribution in [3.05, 3.63) is 36.5 Å². The smallest absolute Gasteiger partial charge is 0.257 e. The SMILES string of the molecule is CCCCCNC(=O)COc1cccc2cccnc12. The maximum atomic E-state index is 11.7. The number of para-hydroxylation sites is 1. The Balaban J connectivity index is 1.88. The Hall–Kier alpha value is -2.10. The van der Waals surface area contributed by atoms with Crippen LogP contribution in [0.2, 0.25) is 0 Å². The minimum atomic E-state index is -0.0889. The first kappa shape index (κ1) is 14.3. The third kappa shape index (κ3) is 3.95. The number of hydrogen-bond acceptors (Lipinski definition) is 3. The fourth-order valence-corrected chi connectivity index (χ4v) is 1.99. The number of nitrogens with zero attached hydrogens (tertiary/aromatic N) is 1. The predicted octanol–water partition coefficient (Wildman–Crippen LogP) is 2.92. The molecule has 0 fully saturated rings. The largest absolute Gasteiger partial charge is 0.481 e. The summed E-state index contributed by atoms with van der Waals surface area (Å²) in [5, 5.41) is 3.86. The van der Waals surface area contributed by atoms with Crippen molar-refractivity contribution in [3.63, 3.8) is 0 Å². The zero-order valence-electron chi connectivity index (χ0n) is 11.8. The number of fused-ring (bicyclic) bond motifs is 1. The highest BCUT2D eigenvalue weighted by Crippen LogP contribution is 2.22. The molecule has 0 saturated carbocycles. The van der Waals surface area contributed by atoms with Crippen molar-refractivity contribution in [1.29, 1.82) is 0 Å². The van der Waals surface area contributed by atoms with E-state index < -0.39 is 0 Å². The molecule has 20 heavy (non-hydrogen) atoms. The summed E-state index contributed by atoms with van der Waals surface area (Å²) in [5.41, 5.74) is 0.786. The van der Waals surface area contributed by atoms with E-state index >= 15 is 0 Å². The number of ether oxygens (including phenoxy) is 1. The third-order valence-electron chi connectivity index (χ3n) is 3.06. The van der Waals surface area contributed by atoms with Crippen LogP contribution in [0.1, 0.15) is 26.2 Å². The first-order chi connectivity index (χ1) is 9.81. The molecule has 0 unspecified atom stereocenters. The summed E-state index contributed by atoms with van der Waals surface area (Å²) in [7, 11) is 0. The number of carbonyl (C=O) groups excluding carboxylic acids is 1. The lowest BCUT2D eigenvalue weighted by Crippen LogP contribution is -2.29. The van der Waals surface area contributed by atoms with Gasteiger partial charge >= 0.3 is 0 Å². The molecular formula is C16H20N2O2. The molecule has 1 aromatic heterocycles. The fraction of sp³-hybridized carbons (Fsp3) is 0.375. The van der Waals surface area contributed by atoms with E-state index in [9.17, 15) is 4.79 Å².